The van der Waals surface area contributed by atoms with Crippen LogP contribution >= 0.6 is 0 Å². The lowest BCUT2D eigenvalue weighted by atomic mass is 9.92. The number of ketones is 1. The van der Waals surface area contributed by atoms with E-state index < -0.39 is 17.7 Å². The molecule has 1 aliphatic heterocycles. The van der Waals surface area contributed by atoms with E-state index in [1.165, 1.54) is 6.08 Å². The highest BCUT2D eigenvalue weighted by molar-refractivity contribution is 6.22. The minimum atomic E-state index is -0.794. The number of rotatable bonds is 4. The fourth-order valence-corrected chi connectivity index (χ4v) is 2.83. The average Bonchev–Trinajstić information content (AvgIpc) is 2.63. The first-order chi connectivity index (χ1) is 13.3. The van der Waals surface area contributed by atoms with Gasteiger partial charge >= 0.3 is 12.1 Å². The lowest BCUT2D eigenvalue weighted by Crippen LogP contribution is -2.39. The topological polar surface area (TPSA) is 81.7 Å². The molecule has 2 aromatic rings. The molecule has 0 radical (unpaired) electrons. The van der Waals surface area contributed by atoms with E-state index in [0.717, 1.165) is 5.56 Å². The third-order valence-electron chi connectivity index (χ3n) is 4.13. The van der Waals surface area contributed by atoms with Crippen molar-refractivity contribution in [3.05, 3.63) is 71.3 Å². The molecule has 0 aliphatic carbocycles. The van der Waals surface area contributed by atoms with Gasteiger partial charge in [-0.3, -0.25) is 10.1 Å². The van der Waals surface area contributed by atoms with Crippen molar-refractivity contribution < 1.29 is 23.9 Å². The number of amides is 1. The molecular formula is C22H21NO5. The third kappa shape index (κ3) is 5.07. The minimum absolute atomic E-state index is 0.00290. The van der Waals surface area contributed by atoms with Crippen molar-refractivity contribution in [3.63, 3.8) is 0 Å². The molecule has 144 valence electrons. The molecule has 1 amide bonds. The number of anilines is 1. The number of hydrogen-bond donors (Lipinski definition) is 1. The Balaban J connectivity index is 1.66. The number of Topliss-reactive ketones (excluding diaryl/α,β-unsaturated/α-hetero) is 1. The van der Waals surface area contributed by atoms with Crippen molar-refractivity contribution in [3.8, 4) is 0 Å². The maximum atomic E-state index is 12.2. The monoisotopic (exact) mass is 379 g/mol. The SMILES string of the molecule is CC1(C)CC(=O)C(=Cc2cccc(NC(=O)OCc3ccccc3)c2)C(=O)O1. The molecule has 0 atom stereocenters. The molecule has 1 saturated heterocycles. The van der Waals surface area contributed by atoms with Gasteiger partial charge in [0.2, 0.25) is 0 Å². The van der Waals surface area contributed by atoms with Crippen molar-refractivity contribution in [2.75, 3.05) is 5.32 Å². The molecule has 6 heteroatoms. The van der Waals surface area contributed by atoms with Gasteiger partial charge in [0.05, 0.1) is 6.42 Å². The highest BCUT2D eigenvalue weighted by atomic mass is 16.6. The Morgan fingerprint density at radius 2 is 1.89 bits per heavy atom. The molecule has 1 fully saturated rings. The normalized spacial score (nSPS) is 17.1. The van der Waals surface area contributed by atoms with Crippen molar-refractivity contribution in [1.29, 1.82) is 0 Å². The van der Waals surface area contributed by atoms with E-state index in [1.54, 1.807) is 38.1 Å². The summed E-state index contributed by atoms with van der Waals surface area (Å²) >= 11 is 0. The molecule has 1 N–H and O–H groups in total. The summed E-state index contributed by atoms with van der Waals surface area (Å²) in [6.07, 6.45) is 1.01. The lowest BCUT2D eigenvalue weighted by molar-refractivity contribution is -0.158. The molecular weight excluding hydrogens is 358 g/mol. The van der Waals surface area contributed by atoms with Crippen LogP contribution < -0.4 is 5.32 Å². The summed E-state index contributed by atoms with van der Waals surface area (Å²) in [5, 5.41) is 2.63. The second-order valence-corrected chi connectivity index (χ2v) is 7.12. The van der Waals surface area contributed by atoms with Crippen LogP contribution in [0.1, 0.15) is 31.4 Å². The summed E-state index contributed by atoms with van der Waals surface area (Å²) in [5.41, 5.74) is 1.18. The Bertz CT molecular complexity index is 909. The van der Waals surface area contributed by atoms with Crippen molar-refractivity contribution in [2.45, 2.75) is 32.5 Å². The van der Waals surface area contributed by atoms with Crippen LogP contribution in [0.25, 0.3) is 6.08 Å². The maximum absolute atomic E-state index is 12.2. The smallest absolute Gasteiger partial charge is 0.411 e. The number of benzene rings is 2. The summed E-state index contributed by atoms with van der Waals surface area (Å²) in [6, 6.07) is 16.1. The summed E-state index contributed by atoms with van der Waals surface area (Å²) in [5.74, 6) is -0.899. The van der Waals surface area contributed by atoms with Gasteiger partial charge in [-0.05, 0) is 43.2 Å². The predicted octanol–water partition coefficient (Wildman–Crippen LogP) is 4.11. The van der Waals surface area contributed by atoms with Gasteiger partial charge in [-0.2, -0.15) is 0 Å². The molecule has 0 bridgehead atoms. The zero-order valence-electron chi connectivity index (χ0n) is 15.7. The second-order valence-electron chi connectivity index (χ2n) is 7.12. The minimum Gasteiger partial charge on any atom is -0.455 e. The molecule has 28 heavy (non-hydrogen) atoms. The van der Waals surface area contributed by atoms with Crippen LogP contribution in [-0.2, 0) is 25.7 Å². The standard InChI is InChI=1S/C22H21NO5/c1-22(2)13-19(24)18(20(25)28-22)12-16-9-6-10-17(11-16)23-21(26)27-14-15-7-4-3-5-8-15/h3-12H,13-14H2,1-2H3,(H,23,26). The van der Waals surface area contributed by atoms with Gasteiger partial charge in [0, 0.05) is 5.69 Å². The Hall–Kier alpha value is -3.41. The van der Waals surface area contributed by atoms with Gasteiger partial charge in [0.25, 0.3) is 0 Å². The Kier molecular flexibility index (Phi) is 5.59. The first-order valence-corrected chi connectivity index (χ1v) is 8.88. The summed E-state index contributed by atoms with van der Waals surface area (Å²) in [7, 11) is 0. The fourth-order valence-electron chi connectivity index (χ4n) is 2.83. The molecule has 0 saturated carbocycles. The fraction of sp³-hybridized carbons (Fsp3) is 0.227. The van der Waals surface area contributed by atoms with Crippen LogP contribution in [0.5, 0.6) is 0 Å². The molecule has 1 aliphatic rings. The Labute approximate surface area is 163 Å². The lowest BCUT2D eigenvalue weighted by Gasteiger charge is -2.29. The average molecular weight is 379 g/mol. The van der Waals surface area contributed by atoms with Gasteiger partial charge in [0.1, 0.15) is 17.8 Å². The van der Waals surface area contributed by atoms with Gasteiger partial charge in [-0.25, -0.2) is 9.59 Å². The van der Waals surface area contributed by atoms with Crippen LogP contribution in [-0.4, -0.2) is 23.4 Å². The van der Waals surface area contributed by atoms with Gasteiger partial charge in [-0.15, -0.1) is 0 Å². The van der Waals surface area contributed by atoms with E-state index in [-0.39, 0.29) is 24.4 Å². The summed E-state index contributed by atoms with van der Waals surface area (Å²) in [4.78, 5) is 36.3. The molecule has 3 rings (SSSR count). The van der Waals surface area contributed by atoms with Crippen LogP contribution in [0.2, 0.25) is 0 Å². The summed E-state index contributed by atoms with van der Waals surface area (Å²) < 4.78 is 10.5. The number of carbonyl (C=O) groups excluding carboxylic acids is 3. The highest BCUT2D eigenvalue weighted by Gasteiger charge is 2.37. The number of hydrogen-bond acceptors (Lipinski definition) is 5. The predicted molar refractivity (Wildman–Crippen MR) is 104 cm³/mol. The van der Waals surface area contributed by atoms with E-state index >= 15 is 0 Å². The van der Waals surface area contributed by atoms with Crippen molar-refractivity contribution in [2.24, 2.45) is 0 Å². The first kappa shape index (κ1) is 19.4. The second kappa shape index (κ2) is 8.08. The Morgan fingerprint density at radius 3 is 2.61 bits per heavy atom. The third-order valence-corrected chi connectivity index (χ3v) is 4.13. The number of nitrogens with one attached hydrogen (secondary N) is 1. The van der Waals surface area contributed by atoms with Crippen molar-refractivity contribution in [1.82, 2.24) is 0 Å². The molecule has 6 nitrogen and oxygen atoms in total. The number of esters is 1. The number of ether oxygens (including phenoxy) is 2. The van der Waals surface area contributed by atoms with Crippen LogP contribution in [0, 0.1) is 0 Å². The number of carbonyl (C=O) groups is 3. The van der Waals surface area contributed by atoms with Gasteiger partial charge in [0.15, 0.2) is 5.78 Å². The molecule has 0 aromatic heterocycles. The maximum Gasteiger partial charge on any atom is 0.411 e. The molecule has 1 heterocycles. The van der Waals surface area contributed by atoms with E-state index in [1.807, 2.05) is 30.3 Å². The Morgan fingerprint density at radius 1 is 1.14 bits per heavy atom. The van der Waals surface area contributed by atoms with E-state index in [9.17, 15) is 14.4 Å². The summed E-state index contributed by atoms with van der Waals surface area (Å²) in [6.45, 7) is 3.56. The van der Waals surface area contributed by atoms with Crippen LogP contribution in [0.4, 0.5) is 10.5 Å². The van der Waals surface area contributed by atoms with E-state index in [2.05, 4.69) is 5.32 Å². The largest absolute Gasteiger partial charge is 0.455 e. The zero-order valence-corrected chi connectivity index (χ0v) is 15.7. The quantitative estimate of drug-likeness (QED) is 0.491. The van der Waals surface area contributed by atoms with Gasteiger partial charge < -0.3 is 9.47 Å². The van der Waals surface area contributed by atoms with E-state index in [4.69, 9.17) is 9.47 Å². The van der Waals surface area contributed by atoms with Gasteiger partial charge in [-0.1, -0.05) is 42.5 Å². The van der Waals surface area contributed by atoms with Crippen LogP contribution in [0.15, 0.2) is 60.2 Å². The van der Waals surface area contributed by atoms with Crippen molar-refractivity contribution >= 4 is 29.6 Å². The highest BCUT2D eigenvalue weighted by Crippen LogP contribution is 2.27. The molecule has 0 spiro atoms. The van der Waals surface area contributed by atoms with Crippen LogP contribution in [0.3, 0.4) is 0 Å². The zero-order chi connectivity index (χ0) is 20.1. The number of cyclic esters (lactones) is 1. The molecule has 2 aromatic carbocycles. The van der Waals surface area contributed by atoms with E-state index in [0.29, 0.717) is 11.3 Å². The molecule has 0 unspecified atom stereocenters. The first-order valence-electron chi connectivity index (χ1n) is 8.88.